The minimum atomic E-state index is -3.75. The lowest BCUT2D eigenvalue weighted by molar-refractivity contribution is 0.0932. The first-order valence-corrected chi connectivity index (χ1v) is 11.3. The van der Waals surface area contributed by atoms with Gasteiger partial charge in [-0.1, -0.05) is 30.3 Å². The van der Waals surface area contributed by atoms with E-state index in [0.29, 0.717) is 9.61 Å². The molecule has 0 radical (unpaired) electrons. The van der Waals surface area contributed by atoms with Crippen LogP contribution < -0.4 is 10.0 Å². The number of nitrogens with zero attached hydrogens (tertiary/aromatic N) is 3. The van der Waals surface area contributed by atoms with E-state index in [1.165, 1.54) is 28.4 Å². The molecular formula is C17H18BrN5O3S2. The van der Waals surface area contributed by atoms with Crippen LogP contribution in [0.15, 0.2) is 51.5 Å². The lowest BCUT2D eigenvalue weighted by Gasteiger charge is -2.19. The molecule has 0 spiro atoms. The normalized spacial score (nSPS) is 12.7. The van der Waals surface area contributed by atoms with Crippen molar-refractivity contribution < 1.29 is 13.2 Å². The molecule has 1 aromatic carbocycles. The van der Waals surface area contributed by atoms with Crippen LogP contribution in [0.2, 0.25) is 0 Å². The van der Waals surface area contributed by atoms with Crippen LogP contribution in [0.4, 0.5) is 0 Å². The molecular weight excluding hydrogens is 466 g/mol. The van der Waals surface area contributed by atoms with Gasteiger partial charge in [0.2, 0.25) is 10.0 Å². The van der Waals surface area contributed by atoms with Crippen LogP contribution in [0.3, 0.4) is 0 Å². The van der Waals surface area contributed by atoms with E-state index in [1.54, 1.807) is 14.0 Å². The first kappa shape index (κ1) is 20.6. The second-order valence-electron chi connectivity index (χ2n) is 6.01. The Morgan fingerprint density at radius 2 is 2.04 bits per heavy atom. The summed E-state index contributed by atoms with van der Waals surface area (Å²) < 4.78 is 29.6. The fourth-order valence-electron chi connectivity index (χ4n) is 2.55. The van der Waals surface area contributed by atoms with Crippen molar-refractivity contribution in [3.8, 4) is 0 Å². The third-order valence-corrected chi connectivity index (χ3v) is 6.76. The molecule has 0 aliphatic carbocycles. The zero-order valence-corrected chi connectivity index (χ0v) is 18.3. The number of amides is 1. The average molecular weight is 484 g/mol. The molecule has 3 rings (SSSR count). The molecule has 2 aromatic heterocycles. The highest BCUT2D eigenvalue weighted by Gasteiger charge is 2.23. The van der Waals surface area contributed by atoms with Crippen molar-refractivity contribution in [1.29, 1.82) is 0 Å². The highest BCUT2D eigenvalue weighted by atomic mass is 79.9. The molecule has 2 N–H and O–H groups in total. The lowest BCUT2D eigenvalue weighted by atomic mass is 10.1. The van der Waals surface area contributed by atoms with Gasteiger partial charge in [0.25, 0.3) is 5.91 Å². The first-order chi connectivity index (χ1) is 13.3. The number of carbonyl (C=O) groups is 1. The van der Waals surface area contributed by atoms with Crippen LogP contribution in [0.25, 0.3) is 0 Å². The van der Waals surface area contributed by atoms with Gasteiger partial charge in [-0.05, 0) is 28.4 Å². The fraction of sp³-hybridized carbons (Fsp3) is 0.235. The van der Waals surface area contributed by atoms with Crippen LogP contribution in [-0.4, -0.2) is 35.6 Å². The second-order valence-corrected chi connectivity index (χ2v) is 10.3. The Labute approximate surface area is 175 Å². The van der Waals surface area contributed by atoms with Crippen molar-refractivity contribution in [3.63, 3.8) is 0 Å². The van der Waals surface area contributed by atoms with E-state index in [9.17, 15) is 13.2 Å². The van der Waals surface area contributed by atoms with Crippen molar-refractivity contribution >= 4 is 43.2 Å². The van der Waals surface area contributed by atoms with Gasteiger partial charge in [-0.25, -0.2) is 18.1 Å². The third-order valence-electron chi connectivity index (χ3n) is 3.96. The number of benzene rings is 1. The monoisotopic (exact) mass is 483 g/mol. The van der Waals surface area contributed by atoms with E-state index in [2.05, 4.69) is 36.1 Å². The van der Waals surface area contributed by atoms with Crippen molar-refractivity contribution in [2.75, 3.05) is 6.54 Å². The maximum Gasteiger partial charge on any atom is 0.271 e. The van der Waals surface area contributed by atoms with E-state index in [4.69, 9.17) is 0 Å². The molecule has 0 saturated heterocycles. The molecule has 28 heavy (non-hydrogen) atoms. The van der Waals surface area contributed by atoms with E-state index in [0.717, 1.165) is 10.4 Å². The molecule has 148 valence electrons. The van der Waals surface area contributed by atoms with Crippen LogP contribution in [0.1, 0.15) is 27.0 Å². The van der Waals surface area contributed by atoms with Crippen molar-refractivity contribution in [2.24, 2.45) is 7.05 Å². The summed E-state index contributed by atoms with van der Waals surface area (Å²) >= 11 is 4.64. The molecule has 1 amide bonds. The number of thiazole rings is 1. The van der Waals surface area contributed by atoms with Gasteiger partial charge in [0, 0.05) is 24.7 Å². The van der Waals surface area contributed by atoms with Crippen LogP contribution in [0.5, 0.6) is 0 Å². The molecule has 1 atom stereocenters. The summed E-state index contributed by atoms with van der Waals surface area (Å²) in [6, 6.07) is 8.59. The van der Waals surface area contributed by atoms with Gasteiger partial charge in [-0.2, -0.15) is 5.10 Å². The molecule has 0 bridgehead atoms. The summed E-state index contributed by atoms with van der Waals surface area (Å²) in [5.74, 6) is -0.367. The number of sulfonamides is 1. The largest absolute Gasteiger partial charge is 0.343 e. The topological polar surface area (TPSA) is 106 Å². The first-order valence-electron chi connectivity index (χ1n) is 8.23. The number of halogens is 1. The van der Waals surface area contributed by atoms with E-state index >= 15 is 0 Å². The van der Waals surface area contributed by atoms with E-state index in [1.807, 2.05) is 30.3 Å². The Kier molecular flexibility index (Phi) is 6.28. The van der Waals surface area contributed by atoms with Crippen LogP contribution >= 0.6 is 27.3 Å². The summed E-state index contributed by atoms with van der Waals surface area (Å²) in [5.41, 5.74) is 1.09. The van der Waals surface area contributed by atoms with Gasteiger partial charge in [-0.15, -0.1) is 11.3 Å². The summed E-state index contributed by atoms with van der Waals surface area (Å²) in [7, 11) is -2.11. The smallest absolute Gasteiger partial charge is 0.271 e. The molecule has 0 aliphatic rings. The number of rotatable bonds is 7. The van der Waals surface area contributed by atoms with Crippen LogP contribution in [0, 0.1) is 6.92 Å². The number of hydrogen-bond acceptors (Lipinski definition) is 6. The van der Waals surface area contributed by atoms with Gasteiger partial charge < -0.3 is 5.32 Å². The maximum atomic E-state index is 12.7. The van der Waals surface area contributed by atoms with E-state index in [-0.39, 0.29) is 17.3 Å². The van der Waals surface area contributed by atoms with Crippen molar-refractivity contribution in [3.05, 3.63) is 62.8 Å². The van der Waals surface area contributed by atoms with E-state index < -0.39 is 16.1 Å². The fourth-order valence-corrected chi connectivity index (χ4v) is 5.11. The quantitative estimate of drug-likeness (QED) is 0.536. The summed E-state index contributed by atoms with van der Waals surface area (Å²) in [6.45, 7) is 1.79. The Bertz CT molecular complexity index is 1080. The van der Waals surface area contributed by atoms with Gasteiger partial charge >= 0.3 is 0 Å². The molecule has 8 nitrogen and oxygen atoms in total. The highest BCUT2D eigenvalue weighted by molar-refractivity contribution is 9.11. The molecule has 0 aliphatic heterocycles. The summed E-state index contributed by atoms with van der Waals surface area (Å²) in [5, 5.41) is 6.75. The molecule has 1 unspecified atom stereocenters. The number of aryl methyl sites for hydroxylation is 2. The Morgan fingerprint density at radius 3 is 2.61 bits per heavy atom. The van der Waals surface area contributed by atoms with Gasteiger partial charge in [-0.3, -0.25) is 9.48 Å². The number of carbonyl (C=O) groups excluding carboxylic acids is 1. The second kappa shape index (κ2) is 8.52. The maximum absolute atomic E-state index is 12.7. The minimum absolute atomic E-state index is 0.0165. The minimum Gasteiger partial charge on any atom is -0.343 e. The molecule has 2 heterocycles. The predicted octanol–water partition coefficient (Wildman–Crippen LogP) is 2.40. The van der Waals surface area contributed by atoms with Crippen molar-refractivity contribution in [2.45, 2.75) is 17.9 Å². The molecule has 0 saturated carbocycles. The van der Waals surface area contributed by atoms with Crippen molar-refractivity contribution in [1.82, 2.24) is 24.8 Å². The highest BCUT2D eigenvalue weighted by Crippen LogP contribution is 2.23. The van der Waals surface area contributed by atoms with Gasteiger partial charge in [0.15, 0.2) is 3.92 Å². The third kappa shape index (κ3) is 4.85. The summed E-state index contributed by atoms with van der Waals surface area (Å²) in [6.07, 6.45) is 2.68. The lowest BCUT2D eigenvalue weighted by Crippen LogP contribution is -2.38. The molecule has 3 aromatic rings. The number of aromatic nitrogens is 3. The zero-order chi connectivity index (χ0) is 20.3. The Balaban J connectivity index is 1.80. The summed E-state index contributed by atoms with van der Waals surface area (Å²) in [4.78, 5) is 17.7. The zero-order valence-electron chi connectivity index (χ0n) is 15.1. The Hall–Kier alpha value is -2.08. The average Bonchev–Trinajstić information content (AvgIpc) is 3.24. The molecule has 0 fully saturated rings. The van der Waals surface area contributed by atoms with Gasteiger partial charge in [0.05, 0.1) is 12.2 Å². The standard InChI is InChI=1S/C17H18BrN5O3S2/c1-11-15(22-17(18)27-11)16(24)21-14(12-6-4-3-5-7-12)9-20-28(25,26)13-8-19-23(2)10-13/h3-8,10,14,20H,9H2,1-2H3,(H,21,24). The molecule has 11 heteroatoms. The predicted molar refractivity (Wildman–Crippen MR) is 110 cm³/mol. The number of hydrogen-bond donors (Lipinski definition) is 2. The van der Waals surface area contributed by atoms with Gasteiger partial charge in [0.1, 0.15) is 10.6 Å². The SMILES string of the molecule is Cc1sc(Br)nc1C(=O)NC(CNS(=O)(=O)c1cnn(C)c1)c1ccccc1. The number of nitrogens with one attached hydrogen (secondary N) is 2. The Morgan fingerprint density at radius 1 is 1.32 bits per heavy atom. The van der Waals surface area contributed by atoms with Crippen LogP contribution in [-0.2, 0) is 17.1 Å².